The van der Waals surface area contributed by atoms with Crippen molar-refractivity contribution in [1.82, 2.24) is 19.9 Å². The normalized spacial score (nSPS) is 10.7. The lowest BCUT2D eigenvalue weighted by atomic mass is 10.2. The van der Waals surface area contributed by atoms with Gasteiger partial charge in [-0.25, -0.2) is 4.68 Å². The number of nitrogens with zero attached hydrogens (tertiary/aromatic N) is 4. The fourth-order valence-corrected chi connectivity index (χ4v) is 1.90. The quantitative estimate of drug-likeness (QED) is 0.817. The Morgan fingerprint density at radius 3 is 2.85 bits per heavy atom. The Labute approximate surface area is 117 Å². The third-order valence-electron chi connectivity index (χ3n) is 3.19. The summed E-state index contributed by atoms with van der Waals surface area (Å²) in [4.78, 5) is 25.8. The summed E-state index contributed by atoms with van der Waals surface area (Å²) in [5, 5.41) is 8.25. The average Bonchev–Trinajstić information content (AvgIpc) is 2.47. The maximum Gasteiger partial charge on any atom is 0.278 e. The number of fused-ring (bicyclic) bond motifs is 1. The van der Waals surface area contributed by atoms with Gasteiger partial charge in [0.05, 0.1) is 5.39 Å². The third kappa shape index (κ3) is 3.01. The molecule has 0 aliphatic rings. The predicted octanol–water partition coefficient (Wildman–Crippen LogP) is 1.05. The molecule has 6 heteroatoms. The molecule has 1 aromatic heterocycles. The lowest BCUT2D eigenvalue weighted by Gasteiger charge is -2.16. The number of benzene rings is 1. The maximum atomic E-state index is 12.2. The Kier molecular flexibility index (Phi) is 4.45. The van der Waals surface area contributed by atoms with E-state index in [-0.39, 0.29) is 18.0 Å². The molecule has 2 rings (SSSR count). The summed E-state index contributed by atoms with van der Waals surface area (Å²) < 4.78 is 1.12. The molecular weight excluding hydrogens is 256 g/mol. The Balaban J connectivity index is 2.20. The van der Waals surface area contributed by atoms with Gasteiger partial charge in [0.15, 0.2) is 0 Å². The third-order valence-corrected chi connectivity index (χ3v) is 3.19. The monoisotopic (exact) mass is 274 g/mol. The van der Waals surface area contributed by atoms with Gasteiger partial charge in [0, 0.05) is 13.6 Å². The fraction of sp³-hybridized carbons (Fsp3) is 0.429. The number of likely N-dealkylation sites (N-methyl/N-ethyl adjacent to an activating group) is 1. The lowest BCUT2D eigenvalue weighted by molar-refractivity contribution is -0.130. The van der Waals surface area contributed by atoms with Crippen molar-refractivity contribution < 1.29 is 4.79 Å². The maximum absolute atomic E-state index is 12.2. The van der Waals surface area contributed by atoms with Crippen LogP contribution in [0.4, 0.5) is 0 Å². The van der Waals surface area contributed by atoms with Gasteiger partial charge in [-0.2, -0.15) is 0 Å². The Bertz CT molecular complexity index is 666. The van der Waals surface area contributed by atoms with Gasteiger partial charge in [-0.1, -0.05) is 30.7 Å². The van der Waals surface area contributed by atoms with Crippen molar-refractivity contribution in [2.45, 2.75) is 26.3 Å². The van der Waals surface area contributed by atoms with E-state index in [9.17, 15) is 9.59 Å². The van der Waals surface area contributed by atoms with Crippen molar-refractivity contribution in [3.05, 3.63) is 34.6 Å². The van der Waals surface area contributed by atoms with Gasteiger partial charge in [0.1, 0.15) is 12.1 Å². The van der Waals surface area contributed by atoms with Gasteiger partial charge < -0.3 is 4.90 Å². The molecule has 0 aliphatic heterocycles. The van der Waals surface area contributed by atoms with Crippen LogP contribution in [0.2, 0.25) is 0 Å². The summed E-state index contributed by atoms with van der Waals surface area (Å²) >= 11 is 0. The number of unbranched alkanes of at least 4 members (excludes halogenated alkanes) is 1. The molecule has 0 radical (unpaired) electrons. The standard InChI is InChI=1S/C14H18N4O2/c1-3-4-9-17(2)13(19)10-18-14(20)11-7-5-6-8-12(11)15-16-18/h5-8H,3-4,9-10H2,1-2H3. The zero-order valence-electron chi connectivity index (χ0n) is 11.7. The van der Waals surface area contributed by atoms with Gasteiger partial charge in [-0.15, -0.1) is 5.10 Å². The topological polar surface area (TPSA) is 68.1 Å². The molecule has 0 saturated heterocycles. The first kappa shape index (κ1) is 14.2. The van der Waals surface area contributed by atoms with Crippen LogP contribution < -0.4 is 5.56 Å². The minimum Gasteiger partial charge on any atom is -0.344 e. The minimum atomic E-state index is -0.284. The highest BCUT2D eigenvalue weighted by atomic mass is 16.2. The van der Waals surface area contributed by atoms with Crippen molar-refractivity contribution in [1.29, 1.82) is 0 Å². The fourth-order valence-electron chi connectivity index (χ4n) is 1.90. The zero-order valence-corrected chi connectivity index (χ0v) is 11.7. The van der Waals surface area contributed by atoms with Crippen LogP contribution in [0.5, 0.6) is 0 Å². The van der Waals surface area contributed by atoms with Crippen LogP contribution in [0.25, 0.3) is 10.9 Å². The Hall–Kier alpha value is -2.24. The van der Waals surface area contributed by atoms with E-state index in [2.05, 4.69) is 17.2 Å². The Morgan fingerprint density at radius 1 is 1.35 bits per heavy atom. The summed E-state index contributed by atoms with van der Waals surface area (Å²) in [5.74, 6) is -0.134. The number of rotatable bonds is 5. The highest BCUT2D eigenvalue weighted by Crippen LogP contribution is 2.03. The molecule has 0 saturated carbocycles. The van der Waals surface area contributed by atoms with Gasteiger partial charge in [0.25, 0.3) is 5.56 Å². The molecule has 6 nitrogen and oxygen atoms in total. The second-order valence-electron chi connectivity index (χ2n) is 4.74. The van der Waals surface area contributed by atoms with Crippen LogP contribution in [-0.2, 0) is 11.3 Å². The van der Waals surface area contributed by atoms with E-state index in [4.69, 9.17) is 0 Å². The van der Waals surface area contributed by atoms with E-state index in [0.29, 0.717) is 17.4 Å². The molecule has 0 fully saturated rings. The van der Waals surface area contributed by atoms with Crippen molar-refractivity contribution in [3.8, 4) is 0 Å². The molecular formula is C14H18N4O2. The van der Waals surface area contributed by atoms with Gasteiger partial charge in [-0.3, -0.25) is 9.59 Å². The summed E-state index contributed by atoms with van der Waals surface area (Å²) in [6, 6.07) is 6.98. The van der Waals surface area contributed by atoms with Crippen molar-refractivity contribution in [2.24, 2.45) is 0 Å². The molecule has 1 aromatic carbocycles. The second-order valence-corrected chi connectivity index (χ2v) is 4.74. The van der Waals surface area contributed by atoms with E-state index >= 15 is 0 Å². The summed E-state index contributed by atoms with van der Waals surface area (Å²) in [6.07, 6.45) is 1.97. The first-order valence-corrected chi connectivity index (χ1v) is 6.70. The van der Waals surface area contributed by atoms with Gasteiger partial charge in [0.2, 0.25) is 5.91 Å². The van der Waals surface area contributed by atoms with Gasteiger partial charge >= 0.3 is 0 Å². The first-order chi connectivity index (χ1) is 9.63. The molecule has 1 amide bonds. The van der Waals surface area contributed by atoms with Crippen LogP contribution in [0, 0.1) is 0 Å². The number of carbonyl (C=O) groups excluding carboxylic acids is 1. The Morgan fingerprint density at radius 2 is 2.10 bits per heavy atom. The highest BCUT2D eigenvalue weighted by molar-refractivity contribution is 5.78. The largest absolute Gasteiger partial charge is 0.344 e. The molecule has 2 aromatic rings. The van der Waals surface area contributed by atoms with E-state index in [1.54, 1.807) is 36.2 Å². The smallest absolute Gasteiger partial charge is 0.278 e. The number of hydrogen-bond donors (Lipinski definition) is 0. The first-order valence-electron chi connectivity index (χ1n) is 6.70. The molecule has 106 valence electrons. The molecule has 0 spiro atoms. The van der Waals surface area contributed by atoms with Crippen LogP contribution in [0.1, 0.15) is 19.8 Å². The van der Waals surface area contributed by atoms with Crippen LogP contribution in [0.3, 0.4) is 0 Å². The number of hydrogen-bond acceptors (Lipinski definition) is 4. The number of aromatic nitrogens is 3. The summed E-state index contributed by atoms with van der Waals surface area (Å²) in [7, 11) is 1.73. The SMILES string of the molecule is CCCCN(C)C(=O)Cn1nnc2ccccc2c1=O. The molecule has 0 aliphatic carbocycles. The molecule has 0 atom stereocenters. The van der Waals surface area contributed by atoms with E-state index in [1.165, 1.54) is 0 Å². The molecule has 1 heterocycles. The van der Waals surface area contributed by atoms with Crippen LogP contribution in [-0.4, -0.2) is 39.4 Å². The zero-order chi connectivity index (χ0) is 14.5. The molecule has 0 unspecified atom stereocenters. The number of carbonyl (C=O) groups is 1. The van der Waals surface area contributed by atoms with E-state index in [1.807, 2.05) is 0 Å². The summed E-state index contributed by atoms with van der Waals surface area (Å²) in [5.41, 5.74) is 0.258. The molecule has 0 bridgehead atoms. The van der Waals surface area contributed by atoms with Crippen molar-refractivity contribution in [3.63, 3.8) is 0 Å². The van der Waals surface area contributed by atoms with Gasteiger partial charge in [-0.05, 0) is 18.6 Å². The second kappa shape index (κ2) is 6.27. The predicted molar refractivity (Wildman–Crippen MR) is 76.3 cm³/mol. The van der Waals surface area contributed by atoms with Crippen molar-refractivity contribution in [2.75, 3.05) is 13.6 Å². The number of amides is 1. The molecule has 20 heavy (non-hydrogen) atoms. The van der Waals surface area contributed by atoms with E-state index < -0.39 is 0 Å². The van der Waals surface area contributed by atoms with Crippen molar-refractivity contribution >= 4 is 16.8 Å². The highest BCUT2D eigenvalue weighted by Gasteiger charge is 2.12. The van der Waals surface area contributed by atoms with Crippen LogP contribution >= 0.6 is 0 Å². The average molecular weight is 274 g/mol. The molecule has 0 N–H and O–H groups in total. The lowest BCUT2D eigenvalue weighted by Crippen LogP contribution is -2.36. The summed E-state index contributed by atoms with van der Waals surface area (Å²) in [6.45, 7) is 2.68. The van der Waals surface area contributed by atoms with E-state index in [0.717, 1.165) is 17.5 Å². The van der Waals surface area contributed by atoms with Crippen LogP contribution in [0.15, 0.2) is 29.1 Å². The minimum absolute atomic E-state index is 0.0725.